The summed E-state index contributed by atoms with van der Waals surface area (Å²) in [6.45, 7) is 3.98. The first kappa shape index (κ1) is 55.6. The number of rotatable bonds is 12. The van der Waals surface area contributed by atoms with Crippen LogP contribution in [0.3, 0.4) is 0 Å². The zero-order chi connectivity index (χ0) is 49.7. The molecule has 360 valence electrons. The van der Waals surface area contributed by atoms with Crippen LogP contribution in [0.1, 0.15) is 17.1 Å². The van der Waals surface area contributed by atoms with Crippen LogP contribution in [-0.4, -0.2) is 59.6 Å². The Hall–Kier alpha value is -3.29. The highest BCUT2D eigenvalue weighted by atomic mass is 35.5. The number of benzene rings is 4. The Morgan fingerprint density at radius 2 is 0.853 bits per heavy atom. The molecule has 3 aromatic heterocycles. The topological polar surface area (TPSA) is 131 Å². The summed E-state index contributed by atoms with van der Waals surface area (Å²) in [6, 6.07) is 26.4. The normalized spacial score (nSPS) is 11.9. The van der Waals surface area contributed by atoms with Gasteiger partial charge in [0.1, 0.15) is 0 Å². The fraction of sp³-hybridized carbons (Fsp3) is 0.178. The number of nitrogens with zero attached hydrogens (tertiary/aromatic N) is 4. The Kier molecular flexibility index (Phi) is 21.9. The van der Waals surface area contributed by atoms with Crippen LogP contribution in [0.25, 0.3) is 0 Å². The molecule has 0 spiro atoms. The fourth-order valence-electron chi connectivity index (χ4n) is 5.71. The van der Waals surface area contributed by atoms with E-state index in [0.29, 0.717) is 57.4 Å². The first-order valence-electron chi connectivity index (χ1n) is 19.7. The number of allylic oxidation sites excluding steroid dienone is 1. The fourth-order valence-corrected chi connectivity index (χ4v) is 12.1. The Bertz CT molecular complexity index is 2980. The quantitative estimate of drug-likeness (QED) is 0.0884. The molecule has 0 saturated carbocycles. The smallest absolute Gasteiger partial charge is 0.266 e. The summed E-state index contributed by atoms with van der Waals surface area (Å²) in [5.74, 6) is 2.88. The Morgan fingerprint density at radius 1 is 0.441 bits per heavy atom. The van der Waals surface area contributed by atoms with Crippen molar-refractivity contribution in [3.05, 3.63) is 203 Å². The highest BCUT2D eigenvalue weighted by Crippen LogP contribution is 2.33. The summed E-state index contributed by atoms with van der Waals surface area (Å²) in [5.41, 5.74) is 4.60. The highest BCUT2D eigenvalue weighted by molar-refractivity contribution is 7.99. The molecular formula is C45H42Cl8N8O3S4. The summed E-state index contributed by atoms with van der Waals surface area (Å²) < 4.78 is 3.16. The summed E-state index contributed by atoms with van der Waals surface area (Å²) in [4.78, 5) is 37.2. The minimum atomic E-state index is -0.125. The first-order valence-corrected chi connectivity index (χ1v) is 26.6. The van der Waals surface area contributed by atoms with E-state index in [1.807, 2.05) is 74.7 Å². The third-order valence-corrected chi connectivity index (χ3v) is 14.9. The lowest BCUT2D eigenvalue weighted by atomic mass is 10.4. The van der Waals surface area contributed by atoms with E-state index in [-0.39, 0.29) is 16.7 Å². The Balaban J connectivity index is 0.000000170. The molecular weight excluding hydrogens is 1110 g/mol. The van der Waals surface area contributed by atoms with Crippen LogP contribution in [0, 0.1) is 0 Å². The molecule has 8 rings (SSSR count). The van der Waals surface area contributed by atoms with Gasteiger partial charge in [-0.15, -0.1) is 47.0 Å². The van der Waals surface area contributed by atoms with Crippen LogP contribution in [-0.2, 0) is 31.4 Å². The van der Waals surface area contributed by atoms with Crippen LogP contribution >= 0.6 is 140 Å². The monoisotopic (exact) mass is 1150 g/mol. The van der Waals surface area contributed by atoms with Gasteiger partial charge in [-0.1, -0.05) is 99.4 Å². The van der Waals surface area contributed by atoms with Gasteiger partial charge in [0.2, 0.25) is 0 Å². The van der Waals surface area contributed by atoms with Crippen LogP contribution in [0.15, 0.2) is 149 Å². The van der Waals surface area contributed by atoms with Gasteiger partial charge in [-0.2, -0.15) is 0 Å². The minimum absolute atomic E-state index is 0.0373. The molecule has 68 heavy (non-hydrogen) atoms. The number of aryl methyl sites for hydroxylation is 2. The van der Waals surface area contributed by atoms with Gasteiger partial charge in [0.05, 0.1) is 11.4 Å². The SMILES string of the molecule is C=C1C=C(CSc2cc(Cl)cc(Cl)c2)N(C)N1C.Cn1[nH]c(=O)cc1CSc1cc(Cl)cc(Cl)c1.Cn1[nH]c(CSc2cc(Cl)cc(Cl)c2)cc1=O.O=c1cc(CSc2cc(Cl)cc(Cl)c2)[nH][nH]1. The molecule has 0 amide bonds. The number of H-pyrrole nitrogens is 4. The molecule has 0 atom stereocenters. The van der Waals surface area contributed by atoms with Gasteiger partial charge in [0.25, 0.3) is 16.7 Å². The van der Waals surface area contributed by atoms with E-state index in [9.17, 15) is 14.4 Å². The van der Waals surface area contributed by atoms with Gasteiger partial charge in [-0.3, -0.25) is 49.1 Å². The van der Waals surface area contributed by atoms with E-state index < -0.39 is 0 Å². The lowest BCUT2D eigenvalue weighted by Crippen LogP contribution is -2.29. The molecule has 0 fully saturated rings. The second-order valence-electron chi connectivity index (χ2n) is 14.4. The number of halogens is 8. The average Bonchev–Trinajstić information content (AvgIpc) is 3.98. The van der Waals surface area contributed by atoms with Crippen LogP contribution < -0.4 is 16.7 Å². The number of nitrogens with one attached hydrogen (secondary N) is 4. The third-order valence-electron chi connectivity index (χ3n) is 9.12. The van der Waals surface area contributed by atoms with E-state index in [4.69, 9.17) is 92.8 Å². The van der Waals surface area contributed by atoms with Crippen molar-refractivity contribution in [2.45, 2.75) is 36.8 Å². The van der Waals surface area contributed by atoms with Crippen molar-refractivity contribution in [2.24, 2.45) is 14.1 Å². The molecule has 0 saturated heterocycles. The number of likely N-dealkylation sites (N-methyl/N-ethyl adjacent to an activating group) is 1. The maximum absolute atomic E-state index is 11.2. The number of hydrogen-bond acceptors (Lipinski definition) is 9. The van der Waals surface area contributed by atoms with Crippen molar-refractivity contribution in [1.82, 2.24) is 39.8 Å². The van der Waals surface area contributed by atoms with E-state index in [1.54, 1.807) is 95.2 Å². The summed E-state index contributed by atoms with van der Waals surface area (Å²) in [7, 11) is 7.51. The summed E-state index contributed by atoms with van der Waals surface area (Å²) in [5, 5.41) is 20.0. The standard InChI is InChI=1S/C13H14Cl2N2S.2C11H10Cl2N2OS.C10H8Cl2N2OS/c1-9-4-12(17(3)16(9)2)8-18-13-6-10(14)5-11(15)7-13;1-15-9(5-11(16)14-15)6-17-10-3-7(12)2-8(13)4-10;1-15-11(16)5-9(14-15)6-17-10-3-7(12)2-8(13)4-10;11-6-1-7(12)3-9(2-6)16-5-8-4-10(15)14-13-8/h4-7H,1,8H2,2-3H3;2-5H,6H2,1H3,(H,14,16);2-5,14H,6H2,1H3;1-4H,5H2,(H2,13,14,15). The molecule has 23 heteroatoms. The largest absolute Gasteiger partial charge is 0.301 e. The van der Waals surface area contributed by atoms with Gasteiger partial charge >= 0.3 is 0 Å². The average molecular weight is 1150 g/mol. The molecule has 0 bridgehead atoms. The first-order chi connectivity index (χ1) is 32.2. The van der Waals surface area contributed by atoms with Gasteiger partial charge in [0, 0.05) is 146 Å². The molecule has 0 aliphatic carbocycles. The van der Waals surface area contributed by atoms with E-state index in [2.05, 4.69) is 38.1 Å². The third kappa shape index (κ3) is 18.5. The second kappa shape index (κ2) is 26.8. The van der Waals surface area contributed by atoms with Crippen molar-refractivity contribution >= 4 is 140 Å². The van der Waals surface area contributed by atoms with Gasteiger partial charge in [-0.25, -0.2) is 0 Å². The number of aromatic amines is 4. The lowest BCUT2D eigenvalue weighted by Gasteiger charge is -2.26. The number of hydrogen-bond donors (Lipinski definition) is 4. The van der Waals surface area contributed by atoms with Crippen molar-refractivity contribution in [3.8, 4) is 0 Å². The van der Waals surface area contributed by atoms with Crippen LogP contribution in [0.5, 0.6) is 0 Å². The predicted octanol–water partition coefficient (Wildman–Crippen LogP) is 14.2. The second-order valence-corrected chi connectivity index (χ2v) is 22.1. The van der Waals surface area contributed by atoms with E-state index in [0.717, 1.165) is 48.1 Å². The minimum Gasteiger partial charge on any atom is -0.301 e. The molecule has 0 radical (unpaired) electrons. The number of thioether (sulfide) groups is 4. The highest BCUT2D eigenvalue weighted by Gasteiger charge is 2.19. The maximum atomic E-state index is 11.2. The number of hydrazine groups is 1. The van der Waals surface area contributed by atoms with Crippen LogP contribution in [0.2, 0.25) is 40.2 Å². The molecule has 4 heterocycles. The van der Waals surface area contributed by atoms with Crippen molar-refractivity contribution in [1.29, 1.82) is 0 Å². The summed E-state index contributed by atoms with van der Waals surface area (Å²) >= 11 is 53.7. The molecule has 4 aromatic carbocycles. The molecule has 1 aliphatic heterocycles. The van der Waals surface area contributed by atoms with Gasteiger partial charge in [-0.05, 0) is 78.9 Å². The zero-order valence-electron chi connectivity index (χ0n) is 36.4. The van der Waals surface area contributed by atoms with E-state index in [1.165, 1.54) is 16.4 Å². The molecule has 4 N–H and O–H groups in total. The summed E-state index contributed by atoms with van der Waals surface area (Å²) in [6.07, 6.45) is 2.08. The van der Waals surface area contributed by atoms with Crippen LogP contribution in [0.4, 0.5) is 0 Å². The Labute approximate surface area is 449 Å². The van der Waals surface area contributed by atoms with Crippen molar-refractivity contribution in [2.75, 3.05) is 19.8 Å². The molecule has 7 aromatic rings. The zero-order valence-corrected chi connectivity index (χ0v) is 45.8. The molecule has 11 nitrogen and oxygen atoms in total. The molecule has 0 unspecified atom stereocenters. The van der Waals surface area contributed by atoms with E-state index >= 15 is 0 Å². The number of aromatic nitrogens is 6. The Morgan fingerprint density at radius 3 is 1.19 bits per heavy atom. The lowest BCUT2D eigenvalue weighted by molar-refractivity contribution is 0.135. The van der Waals surface area contributed by atoms with Crippen molar-refractivity contribution < 1.29 is 0 Å². The molecule has 1 aliphatic rings. The van der Waals surface area contributed by atoms with Crippen molar-refractivity contribution in [3.63, 3.8) is 0 Å². The predicted molar refractivity (Wildman–Crippen MR) is 291 cm³/mol. The van der Waals surface area contributed by atoms with Gasteiger partial charge < -0.3 is 5.10 Å². The maximum Gasteiger partial charge on any atom is 0.266 e. The van der Waals surface area contributed by atoms with Gasteiger partial charge in [0.15, 0.2) is 0 Å².